The highest BCUT2D eigenvalue weighted by Crippen LogP contribution is 2.29. The molecule has 0 unspecified atom stereocenters. The van der Waals surface area contributed by atoms with E-state index in [1.165, 1.54) is 0 Å². The minimum absolute atomic E-state index is 0.124. The van der Waals surface area contributed by atoms with Gasteiger partial charge in [0, 0.05) is 31.2 Å². The minimum atomic E-state index is 0.124. The number of carbonyl (C=O) groups is 1. The third kappa shape index (κ3) is 3.07. The smallest absolute Gasteiger partial charge is 0.227 e. The van der Waals surface area contributed by atoms with Gasteiger partial charge in [-0.1, -0.05) is 18.2 Å². The van der Waals surface area contributed by atoms with Crippen LogP contribution in [-0.4, -0.2) is 26.4 Å². The van der Waals surface area contributed by atoms with Crippen molar-refractivity contribution in [3.05, 3.63) is 48.0 Å². The minimum Gasteiger partial charge on any atom is -0.398 e. The molecule has 5 nitrogen and oxygen atoms in total. The number of hydrogen-bond donors (Lipinski definition) is 1. The third-order valence-corrected chi connectivity index (χ3v) is 3.94. The summed E-state index contributed by atoms with van der Waals surface area (Å²) in [6, 6.07) is 7.91. The molecule has 21 heavy (non-hydrogen) atoms. The highest BCUT2D eigenvalue weighted by molar-refractivity contribution is 5.80. The zero-order valence-corrected chi connectivity index (χ0v) is 12.2. The molecule has 1 aliphatic carbocycles. The topological polar surface area (TPSA) is 64.2 Å². The lowest BCUT2D eigenvalue weighted by atomic mass is 10.1. The first-order valence-electron chi connectivity index (χ1n) is 7.24. The number of aryl methyl sites for hydroxylation is 1. The Morgan fingerprint density at radius 2 is 2.19 bits per heavy atom. The lowest BCUT2D eigenvalue weighted by Crippen LogP contribution is -2.34. The van der Waals surface area contributed by atoms with Gasteiger partial charge in [-0.15, -0.1) is 0 Å². The number of nitrogens with two attached hydrogens (primary N) is 1. The van der Waals surface area contributed by atoms with Crippen LogP contribution in [0.3, 0.4) is 0 Å². The molecule has 1 saturated carbocycles. The number of rotatable bonds is 5. The highest BCUT2D eigenvalue weighted by Gasteiger charge is 2.33. The molecule has 0 saturated heterocycles. The van der Waals surface area contributed by atoms with Crippen molar-refractivity contribution in [1.82, 2.24) is 14.5 Å². The number of nitrogens with zero attached hydrogens (tertiary/aromatic N) is 3. The predicted octanol–water partition coefficient (Wildman–Crippen LogP) is 1.74. The molecule has 2 aromatic rings. The summed E-state index contributed by atoms with van der Waals surface area (Å²) in [5.41, 5.74) is 7.51. The molecule has 1 aliphatic rings. The standard InChI is InChI=1S/C16H20N4O/c1-19-9-8-18-15(19)11-20(13-6-7-13)16(21)10-12-4-2-3-5-14(12)17/h2-5,8-9,13H,6-7,10-11,17H2,1H3. The monoisotopic (exact) mass is 284 g/mol. The van der Waals surface area contributed by atoms with Gasteiger partial charge in [-0.05, 0) is 24.5 Å². The summed E-state index contributed by atoms with van der Waals surface area (Å²) in [7, 11) is 1.95. The third-order valence-electron chi connectivity index (χ3n) is 3.94. The van der Waals surface area contributed by atoms with Gasteiger partial charge >= 0.3 is 0 Å². The molecule has 0 bridgehead atoms. The van der Waals surface area contributed by atoms with Crippen molar-refractivity contribution in [2.75, 3.05) is 5.73 Å². The molecule has 0 radical (unpaired) electrons. The van der Waals surface area contributed by atoms with Crippen LogP contribution in [-0.2, 0) is 24.8 Å². The number of carbonyl (C=O) groups excluding carboxylic acids is 1. The van der Waals surface area contributed by atoms with Crippen molar-refractivity contribution in [3.63, 3.8) is 0 Å². The SMILES string of the molecule is Cn1ccnc1CN(C(=O)Cc1ccccc1N)C1CC1. The van der Waals surface area contributed by atoms with Gasteiger partial charge in [-0.2, -0.15) is 0 Å². The number of aromatic nitrogens is 2. The van der Waals surface area contributed by atoms with E-state index in [9.17, 15) is 4.79 Å². The summed E-state index contributed by atoms with van der Waals surface area (Å²) in [6.45, 7) is 0.569. The molecule has 5 heteroatoms. The van der Waals surface area contributed by atoms with Crippen LogP contribution in [0.15, 0.2) is 36.7 Å². The Morgan fingerprint density at radius 1 is 1.43 bits per heavy atom. The first-order valence-corrected chi connectivity index (χ1v) is 7.24. The van der Waals surface area contributed by atoms with Gasteiger partial charge in [0.2, 0.25) is 5.91 Å². The van der Waals surface area contributed by atoms with Crippen LogP contribution in [0, 0.1) is 0 Å². The van der Waals surface area contributed by atoms with Crippen molar-refractivity contribution in [2.24, 2.45) is 7.05 Å². The van der Waals surface area contributed by atoms with E-state index in [1.54, 1.807) is 6.20 Å². The molecule has 1 aromatic heterocycles. The van der Waals surface area contributed by atoms with Gasteiger partial charge < -0.3 is 15.2 Å². The fraction of sp³-hybridized carbons (Fsp3) is 0.375. The van der Waals surface area contributed by atoms with Gasteiger partial charge in [0.05, 0.1) is 13.0 Å². The van der Waals surface area contributed by atoms with Crippen molar-refractivity contribution >= 4 is 11.6 Å². The van der Waals surface area contributed by atoms with Crippen LogP contribution in [0.4, 0.5) is 5.69 Å². The molecule has 0 aliphatic heterocycles. The Labute approximate surface area is 124 Å². The van der Waals surface area contributed by atoms with Gasteiger partial charge in [0.1, 0.15) is 5.82 Å². The Kier molecular flexibility index (Phi) is 3.64. The molecule has 1 fully saturated rings. The number of imidazole rings is 1. The fourth-order valence-electron chi connectivity index (χ4n) is 2.47. The second kappa shape index (κ2) is 5.60. The normalized spacial score (nSPS) is 14.1. The molecule has 0 spiro atoms. The molecule has 1 aromatic carbocycles. The van der Waals surface area contributed by atoms with Gasteiger partial charge in [-0.25, -0.2) is 4.98 Å². The largest absolute Gasteiger partial charge is 0.398 e. The number of hydrogen-bond acceptors (Lipinski definition) is 3. The molecule has 1 amide bonds. The Balaban J connectivity index is 1.74. The zero-order chi connectivity index (χ0) is 14.8. The van der Waals surface area contributed by atoms with Crippen LogP contribution in [0.2, 0.25) is 0 Å². The molecule has 0 atom stereocenters. The van der Waals surface area contributed by atoms with Gasteiger partial charge in [-0.3, -0.25) is 4.79 Å². The number of nitrogen functional groups attached to an aromatic ring is 1. The van der Waals surface area contributed by atoms with E-state index in [1.807, 2.05) is 47.0 Å². The molecule has 3 rings (SSSR count). The van der Waals surface area contributed by atoms with Crippen LogP contribution < -0.4 is 5.73 Å². The molecular formula is C16H20N4O. The predicted molar refractivity (Wildman–Crippen MR) is 81.3 cm³/mol. The molecular weight excluding hydrogens is 264 g/mol. The van der Waals surface area contributed by atoms with E-state index < -0.39 is 0 Å². The molecule has 110 valence electrons. The Hall–Kier alpha value is -2.30. The lowest BCUT2D eigenvalue weighted by Gasteiger charge is -2.22. The lowest BCUT2D eigenvalue weighted by molar-refractivity contribution is -0.131. The van der Waals surface area contributed by atoms with Crippen molar-refractivity contribution in [3.8, 4) is 0 Å². The van der Waals surface area contributed by atoms with Crippen molar-refractivity contribution in [2.45, 2.75) is 31.8 Å². The quantitative estimate of drug-likeness (QED) is 0.851. The average Bonchev–Trinajstić information content (AvgIpc) is 3.22. The summed E-state index contributed by atoms with van der Waals surface area (Å²) in [6.07, 6.45) is 6.19. The zero-order valence-electron chi connectivity index (χ0n) is 12.2. The number of anilines is 1. The first-order chi connectivity index (χ1) is 10.1. The van der Waals surface area contributed by atoms with E-state index in [-0.39, 0.29) is 5.91 Å². The van der Waals surface area contributed by atoms with Gasteiger partial charge in [0.15, 0.2) is 0 Å². The van der Waals surface area contributed by atoms with E-state index in [0.717, 1.165) is 24.2 Å². The van der Waals surface area contributed by atoms with Gasteiger partial charge in [0.25, 0.3) is 0 Å². The van der Waals surface area contributed by atoms with Crippen LogP contribution >= 0.6 is 0 Å². The summed E-state index contributed by atoms with van der Waals surface area (Å²) in [4.78, 5) is 18.9. The molecule has 1 heterocycles. The second-order valence-corrected chi connectivity index (χ2v) is 5.58. The second-order valence-electron chi connectivity index (χ2n) is 5.58. The Morgan fingerprint density at radius 3 is 2.81 bits per heavy atom. The summed E-state index contributed by atoms with van der Waals surface area (Å²) in [5.74, 6) is 1.04. The summed E-state index contributed by atoms with van der Waals surface area (Å²) in [5, 5.41) is 0. The highest BCUT2D eigenvalue weighted by atomic mass is 16.2. The average molecular weight is 284 g/mol. The fourth-order valence-corrected chi connectivity index (χ4v) is 2.47. The number of amides is 1. The Bertz CT molecular complexity index is 645. The maximum absolute atomic E-state index is 12.6. The summed E-state index contributed by atoms with van der Waals surface area (Å²) < 4.78 is 1.96. The maximum atomic E-state index is 12.6. The van der Waals surface area contributed by atoms with E-state index in [0.29, 0.717) is 24.7 Å². The maximum Gasteiger partial charge on any atom is 0.227 e. The van der Waals surface area contributed by atoms with E-state index in [2.05, 4.69) is 4.98 Å². The van der Waals surface area contributed by atoms with Crippen LogP contribution in [0.25, 0.3) is 0 Å². The van der Waals surface area contributed by atoms with Crippen molar-refractivity contribution in [1.29, 1.82) is 0 Å². The number of para-hydroxylation sites is 1. The van der Waals surface area contributed by atoms with E-state index in [4.69, 9.17) is 5.73 Å². The van der Waals surface area contributed by atoms with Crippen LogP contribution in [0.5, 0.6) is 0 Å². The van der Waals surface area contributed by atoms with Crippen LogP contribution in [0.1, 0.15) is 24.2 Å². The number of benzene rings is 1. The van der Waals surface area contributed by atoms with Crippen molar-refractivity contribution < 1.29 is 4.79 Å². The first kappa shape index (κ1) is 13.7. The molecule has 2 N–H and O–H groups in total. The van der Waals surface area contributed by atoms with E-state index >= 15 is 0 Å². The summed E-state index contributed by atoms with van der Waals surface area (Å²) >= 11 is 0.